The zero-order valence-electron chi connectivity index (χ0n) is 14.3. The van der Waals surface area contributed by atoms with Crippen LogP contribution in [-0.4, -0.2) is 24.6 Å². The lowest BCUT2D eigenvalue weighted by atomic mass is 10.1. The minimum absolute atomic E-state index is 0.0196. The van der Waals surface area contributed by atoms with E-state index in [-0.39, 0.29) is 23.7 Å². The molecule has 0 saturated heterocycles. The molecule has 0 amide bonds. The largest absolute Gasteiger partial charge is 0.493 e. The van der Waals surface area contributed by atoms with Crippen LogP contribution in [0.25, 0.3) is 0 Å². The predicted octanol–water partition coefficient (Wildman–Crippen LogP) is 3.67. The average Bonchev–Trinajstić information content (AvgIpc) is 2.60. The van der Waals surface area contributed by atoms with Gasteiger partial charge in [0.25, 0.3) is 5.69 Å². The molecule has 0 unspecified atom stereocenters. The van der Waals surface area contributed by atoms with Crippen LogP contribution in [0.5, 0.6) is 11.5 Å². The fourth-order valence-corrected chi connectivity index (χ4v) is 2.20. The van der Waals surface area contributed by atoms with E-state index in [1.807, 2.05) is 31.2 Å². The molecule has 25 heavy (non-hydrogen) atoms. The van der Waals surface area contributed by atoms with Gasteiger partial charge in [0.15, 0.2) is 11.5 Å². The molecule has 7 nitrogen and oxygen atoms in total. The van der Waals surface area contributed by atoms with E-state index in [1.165, 1.54) is 19.2 Å². The van der Waals surface area contributed by atoms with Crippen molar-refractivity contribution >= 4 is 11.7 Å². The fourth-order valence-electron chi connectivity index (χ4n) is 2.20. The summed E-state index contributed by atoms with van der Waals surface area (Å²) < 4.78 is 15.7. The van der Waals surface area contributed by atoms with E-state index in [2.05, 4.69) is 0 Å². The molecule has 0 radical (unpaired) electrons. The van der Waals surface area contributed by atoms with E-state index in [0.717, 1.165) is 11.1 Å². The second-order valence-corrected chi connectivity index (χ2v) is 5.27. The van der Waals surface area contributed by atoms with Gasteiger partial charge in [-0.15, -0.1) is 0 Å². The lowest BCUT2D eigenvalue weighted by molar-refractivity contribution is -0.385. The van der Waals surface area contributed by atoms with Crippen LogP contribution in [0.4, 0.5) is 5.69 Å². The Labute approximate surface area is 145 Å². The highest BCUT2D eigenvalue weighted by molar-refractivity contribution is 5.95. The first-order valence-corrected chi connectivity index (χ1v) is 7.68. The number of methoxy groups -OCH3 is 1. The number of carbonyl (C=O) groups is 1. The highest BCUT2D eigenvalue weighted by Crippen LogP contribution is 2.35. The number of nitro benzene ring substituents is 1. The van der Waals surface area contributed by atoms with Crippen molar-refractivity contribution in [2.45, 2.75) is 20.5 Å². The molecule has 0 fully saturated rings. The van der Waals surface area contributed by atoms with Crippen LogP contribution < -0.4 is 9.47 Å². The molecular weight excluding hydrogens is 326 g/mol. The highest BCUT2D eigenvalue weighted by Gasteiger charge is 2.25. The summed E-state index contributed by atoms with van der Waals surface area (Å²) in [6.45, 7) is 4.02. The van der Waals surface area contributed by atoms with Gasteiger partial charge in [-0.3, -0.25) is 10.1 Å². The van der Waals surface area contributed by atoms with Crippen molar-refractivity contribution in [1.29, 1.82) is 0 Å². The normalized spacial score (nSPS) is 10.2. The Kier molecular flexibility index (Phi) is 5.94. The zero-order valence-corrected chi connectivity index (χ0v) is 14.3. The van der Waals surface area contributed by atoms with E-state index < -0.39 is 16.6 Å². The van der Waals surface area contributed by atoms with Crippen molar-refractivity contribution in [3.63, 3.8) is 0 Å². The van der Waals surface area contributed by atoms with E-state index in [1.54, 1.807) is 6.92 Å². The number of nitrogens with zero attached hydrogens (tertiary/aromatic N) is 1. The molecule has 2 aromatic rings. The maximum atomic E-state index is 12.3. The molecule has 0 atom stereocenters. The van der Waals surface area contributed by atoms with Gasteiger partial charge in [0.05, 0.1) is 24.7 Å². The molecule has 0 aliphatic carbocycles. The molecule has 0 aliphatic rings. The Hall–Kier alpha value is -3.09. The first kappa shape index (κ1) is 18.3. The monoisotopic (exact) mass is 345 g/mol. The van der Waals surface area contributed by atoms with Gasteiger partial charge in [-0.1, -0.05) is 29.8 Å². The summed E-state index contributed by atoms with van der Waals surface area (Å²) in [7, 11) is 1.39. The average molecular weight is 345 g/mol. The number of carbonyl (C=O) groups excluding carboxylic acids is 1. The summed E-state index contributed by atoms with van der Waals surface area (Å²) in [6, 6.07) is 9.88. The minimum atomic E-state index is -0.798. The van der Waals surface area contributed by atoms with Gasteiger partial charge in [0.1, 0.15) is 12.2 Å². The topological polar surface area (TPSA) is 87.9 Å². The molecule has 2 rings (SSSR count). The Morgan fingerprint density at radius 2 is 1.84 bits per heavy atom. The van der Waals surface area contributed by atoms with Crippen molar-refractivity contribution in [3.8, 4) is 11.5 Å². The summed E-state index contributed by atoms with van der Waals surface area (Å²) >= 11 is 0. The van der Waals surface area contributed by atoms with Crippen molar-refractivity contribution in [3.05, 3.63) is 63.2 Å². The van der Waals surface area contributed by atoms with E-state index in [9.17, 15) is 14.9 Å². The van der Waals surface area contributed by atoms with Gasteiger partial charge in [0, 0.05) is 6.07 Å². The Morgan fingerprint density at radius 1 is 1.16 bits per heavy atom. The molecule has 0 aliphatic heterocycles. The second kappa shape index (κ2) is 8.14. The molecule has 0 spiro atoms. The Morgan fingerprint density at radius 3 is 2.40 bits per heavy atom. The molecule has 0 saturated carbocycles. The third-order valence-corrected chi connectivity index (χ3v) is 3.49. The van der Waals surface area contributed by atoms with Gasteiger partial charge in [-0.2, -0.15) is 0 Å². The van der Waals surface area contributed by atoms with Crippen LogP contribution in [-0.2, 0) is 11.3 Å². The zero-order chi connectivity index (χ0) is 18.4. The number of benzene rings is 2. The van der Waals surface area contributed by atoms with Crippen LogP contribution in [0.15, 0.2) is 36.4 Å². The molecule has 0 bridgehead atoms. The number of ether oxygens (including phenoxy) is 3. The van der Waals surface area contributed by atoms with Gasteiger partial charge < -0.3 is 14.2 Å². The Bertz CT molecular complexity index is 770. The smallest absolute Gasteiger partial charge is 0.345 e. The maximum Gasteiger partial charge on any atom is 0.345 e. The number of nitro groups is 1. The maximum absolute atomic E-state index is 12.3. The van der Waals surface area contributed by atoms with Crippen LogP contribution in [0.2, 0.25) is 0 Å². The van der Waals surface area contributed by atoms with Crippen LogP contribution in [0, 0.1) is 17.0 Å². The number of hydrogen-bond acceptors (Lipinski definition) is 6. The summed E-state index contributed by atoms with van der Waals surface area (Å²) in [5.74, 6) is -0.366. The quantitative estimate of drug-likeness (QED) is 0.432. The van der Waals surface area contributed by atoms with Gasteiger partial charge >= 0.3 is 5.97 Å². The molecule has 0 aromatic heterocycles. The minimum Gasteiger partial charge on any atom is -0.493 e. The van der Waals surface area contributed by atoms with Gasteiger partial charge in [-0.05, 0) is 19.4 Å². The number of rotatable bonds is 7. The van der Waals surface area contributed by atoms with Crippen molar-refractivity contribution < 1.29 is 23.9 Å². The predicted molar refractivity (Wildman–Crippen MR) is 91.1 cm³/mol. The summed E-state index contributed by atoms with van der Waals surface area (Å²) in [5.41, 5.74) is 1.30. The van der Waals surface area contributed by atoms with E-state index >= 15 is 0 Å². The lowest BCUT2D eigenvalue weighted by Gasteiger charge is -2.11. The van der Waals surface area contributed by atoms with Crippen molar-refractivity contribution in [2.75, 3.05) is 13.7 Å². The third kappa shape index (κ3) is 4.47. The van der Waals surface area contributed by atoms with Crippen molar-refractivity contribution in [2.24, 2.45) is 0 Å². The number of hydrogen-bond donors (Lipinski definition) is 0. The number of esters is 1. The summed E-state index contributed by atoms with van der Waals surface area (Å²) in [6.07, 6.45) is 0. The third-order valence-electron chi connectivity index (χ3n) is 3.49. The van der Waals surface area contributed by atoms with E-state index in [0.29, 0.717) is 6.61 Å². The molecule has 132 valence electrons. The molecule has 0 N–H and O–H groups in total. The van der Waals surface area contributed by atoms with Crippen molar-refractivity contribution in [1.82, 2.24) is 0 Å². The van der Waals surface area contributed by atoms with Gasteiger partial charge in [0.2, 0.25) is 0 Å². The van der Waals surface area contributed by atoms with Crippen LogP contribution >= 0.6 is 0 Å². The van der Waals surface area contributed by atoms with Gasteiger partial charge in [-0.25, -0.2) is 4.79 Å². The summed E-state index contributed by atoms with van der Waals surface area (Å²) in [5, 5.41) is 11.3. The highest BCUT2D eigenvalue weighted by atomic mass is 16.6. The van der Waals surface area contributed by atoms with Crippen LogP contribution in [0.3, 0.4) is 0 Å². The standard InChI is InChI=1S/C18H19NO6/c1-4-24-17-10-15(19(21)22)14(9-16(17)23-3)18(20)25-11-13-7-5-12(2)6-8-13/h5-10H,4,11H2,1-3H3. The first-order chi connectivity index (χ1) is 12.0. The summed E-state index contributed by atoms with van der Waals surface area (Å²) in [4.78, 5) is 23.0. The number of aryl methyl sites for hydroxylation is 1. The lowest BCUT2D eigenvalue weighted by Crippen LogP contribution is -2.09. The molecule has 2 aromatic carbocycles. The Balaban J connectivity index is 2.27. The molecular formula is C18H19NO6. The molecule has 7 heteroatoms. The van der Waals surface area contributed by atoms with E-state index in [4.69, 9.17) is 14.2 Å². The second-order valence-electron chi connectivity index (χ2n) is 5.27. The molecule has 0 heterocycles. The van der Waals surface area contributed by atoms with Crippen LogP contribution in [0.1, 0.15) is 28.4 Å². The first-order valence-electron chi connectivity index (χ1n) is 7.68. The fraction of sp³-hybridized carbons (Fsp3) is 0.278. The SMILES string of the molecule is CCOc1cc([N+](=O)[O-])c(C(=O)OCc2ccc(C)cc2)cc1OC.